The van der Waals surface area contributed by atoms with E-state index in [1.54, 1.807) is 12.1 Å². The van der Waals surface area contributed by atoms with Gasteiger partial charge < -0.3 is 14.6 Å². The number of nitrogens with zero attached hydrogens (tertiary/aromatic N) is 2. The highest BCUT2D eigenvalue weighted by molar-refractivity contribution is 6.30. The first-order chi connectivity index (χ1) is 16.0. The average molecular weight is 462 g/mol. The first kappa shape index (κ1) is 22.9. The highest BCUT2D eigenvalue weighted by atomic mass is 35.5. The van der Waals surface area contributed by atoms with Crippen molar-refractivity contribution >= 4 is 28.5 Å². The van der Waals surface area contributed by atoms with Gasteiger partial charge in [-0.25, -0.2) is 4.98 Å². The Labute approximate surface area is 199 Å². The van der Waals surface area contributed by atoms with Crippen LogP contribution in [0.4, 0.5) is 0 Å². The molecule has 0 atom stereocenters. The number of nitrogens with one attached hydrogen (secondary N) is 1. The van der Waals surface area contributed by atoms with E-state index in [1.165, 1.54) is 11.1 Å². The maximum absolute atomic E-state index is 12.3. The molecule has 1 heterocycles. The summed E-state index contributed by atoms with van der Waals surface area (Å²) < 4.78 is 8.22. The number of carbonyl (C=O) groups excluding carboxylic acids is 1. The Bertz CT molecular complexity index is 1230. The van der Waals surface area contributed by atoms with Gasteiger partial charge in [0.25, 0.3) is 0 Å². The van der Waals surface area contributed by atoms with E-state index in [4.69, 9.17) is 21.3 Å². The van der Waals surface area contributed by atoms with Crippen molar-refractivity contribution in [1.29, 1.82) is 0 Å². The van der Waals surface area contributed by atoms with Gasteiger partial charge in [0.1, 0.15) is 18.2 Å². The summed E-state index contributed by atoms with van der Waals surface area (Å²) in [5.41, 5.74) is 5.34. The van der Waals surface area contributed by atoms with Gasteiger partial charge >= 0.3 is 0 Å². The number of hydrogen-bond donors (Lipinski definition) is 1. The average Bonchev–Trinajstić information content (AvgIpc) is 3.12. The standard InChI is InChI=1S/C27H28ClN3O2/c1-19-15-20(2)17-23(16-19)33-14-13-31-25-6-4-3-5-24(25)30-26(31)11-12-29-27(32)18-21-7-9-22(28)10-8-21/h3-10,15-17H,11-14,18H2,1-2H3,(H,29,32). The smallest absolute Gasteiger partial charge is 0.224 e. The first-order valence-electron chi connectivity index (χ1n) is 11.1. The molecular formula is C27H28ClN3O2. The number of para-hydroxylation sites is 2. The normalized spacial score (nSPS) is 11.0. The van der Waals surface area contributed by atoms with Gasteiger partial charge in [0, 0.05) is 18.0 Å². The number of benzene rings is 3. The molecule has 4 rings (SSSR count). The van der Waals surface area contributed by atoms with Crippen molar-refractivity contribution in [3.05, 3.63) is 94.3 Å². The Balaban J connectivity index is 1.38. The lowest BCUT2D eigenvalue weighted by molar-refractivity contribution is -0.120. The van der Waals surface area contributed by atoms with Gasteiger partial charge in [-0.1, -0.05) is 41.9 Å². The number of imidazole rings is 1. The molecule has 4 aromatic rings. The van der Waals surface area contributed by atoms with E-state index in [1.807, 2.05) is 30.3 Å². The number of aryl methyl sites for hydroxylation is 2. The molecule has 5 nitrogen and oxygen atoms in total. The first-order valence-corrected chi connectivity index (χ1v) is 11.5. The molecule has 0 aliphatic rings. The summed E-state index contributed by atoms with van der Waals surface area (Å²) in [6, 6.07) is 21.7. The molecule has 170 valence electrons. The Kier molecular flexibility index (Phi) is 7.30. The summed E-state index contributed by atoms with van der Waals surface area (Å²) in [6.45, 7) is 5.89. The fourth-order valence-electron chi connectivity index (χ4n) is 4.00. The van der Waals surface area contributed by atoms with Gasteiger partial charge in [-0.2, -0.15) is 0 Å². The second-order valence-electron chi connectivity index (χ2n) is 8.24. The molecule has 33 heavy (non-hydrogen) atoms. The number of fused-ring (bicyclic) bond motifs is 1. The Morgan fingerprint density at radius 2 is 1.76 bits per heavy atom. The zero-order chi connectivity index (χ0) is 23.2. The highest BCUT2D eigenvalue weighted by Gasteiger charge is 2.11. The topological polar surface area (TPSA) is 56.1 Å². The van der Waals surface area contributed by atoms with Crippen LogP contribution in [0.3, 0.4) is 0 Å². The van der Waals surface area contributed by atoms with Crippen molar-refractivity contribution in [2.45, 2.75) is 33.2 Å². The van der Waals surface area contributed by atoms with Crippen LogP contribution in [-0.2, 0) is 24.2 Å². The number of hydrogen-bond acceptors (Lipinski definition) is 3. The predicted molar refractivity (Wildman–Crippen MR) is 133 cm³/mol. The maximum atomic E-state index is 12.3. The van der Waals surface area contributed by atoms with Crippen molar-refractivity contribution in [2.75, 3.05) is 13.2 Å². The fourth-order valence-corrected chi connectivity index (χ4v) is 4.13. The minimum absolute atomic E-state index is 0.0156. The molecule has 0 aliphatic carbocycles. The number of aromatic nitrogens is 2. The number of rotatable bonds is 9. The Morgan fingerprint density at radius 1 is 1.03 bits per heavy atom. The number of carbonyl (C=O) groups is 1. The third-order valence-electron chi connectivity index (χ3n) is 5.46. The van der Waals surface area contributed by atoms with Crippen LogP contribution in [0.25, 0.3) is 11.0 Å². The number of amides is 1. The van der Waals surface area contributed by atoms with Crippen LogP contribution in [0.15, 0.2) is 66.7 Å². The van der Waals surface area contributed by atoms with Crippen LogP contribution in [0.5, 0.6) is 5.75 Å². The molecule has 0 radical (unpaired) electrons. The van der Waals surface area contributed by atoms with Crippen LogP contribution in [0.2, 0.25) is 5.02 Å². The van der Waals surface area contributed by atoms with E-state index >= 15 is 0 Å². The summed E-state index contributed by atoms with van der Waals surface area (Å²) in [5.74, 6) is 1.80. The van der Waals surface area contributed by atoms with Gasteiger partial charge in [-0.05, 0) is 66.9 Å². The zero-order valence-corrected chi connectivity index (χ0v) is 19.7. The molecule has 6 heteroatoms. The molecule has 1 amide bonds. The van der Waals surface area contributed by atoms with Crippen molar-refractivity contribution in [1.82, 2.24) is 14.9 Å². The Morgan fingerprint density at radius 3 is 2.52 bits per heavy atom. The molecule has 3 aromatic carbocycles. The van der Waals surface area contributed by atoms with Crippen molar-refractivity contribution in [3.8, 4) is 5.75 Å². The van der Waals surface area contributed by atoms with Crippen molar-refractivity contribution < 1.29 is 9.53 Å². The second kappa shape index (κ2) is 10.5. The van der Waals surface area contributed by atoms with Gasteiger partial charge in [0.15, 0.2) is 0 Å². The van der Waals surface area contributed by atoms with Gasteiger partial charge in [-0.3, -0.25) is 4.79 Å². The molecular weight excluding hydrogens is 434 g/mol. The quantitative estimate of drug-likeness (QED) is 0.368. The third kappa shape index (κ3) is 6.14. The monoisotopic (exact) mass is 461 g/mol. The largest absolute Gasteiger partial charge is 0.492 e. The van der Waals surface area contributed by atoms with Crippen LogP contribution in [-0.4, -0.2) is 28.6 Å². The molecule has 0 saturated heterocycles. The molecule has 1 N–H and O–H groups in total. The van der Waals surface area contributed by atoms with E-state index in [0.29, 0.717) is 37.6 Å². The minimum atomic E-state index is -0.0156. The summed E-state index contributed by atoms with van der Waals surface area (Å²) >= 11 is 5.91. The maximum Gasteiger partial charge on any atom is 0.224 e. The van der Waals surface area contributed by atoms with E-state index < -0.39 is 0 Å². The summed E-state index contributed by atoms with van der Waals surface area (Å²) in [5, 5.41) is 3.67. The molecule has 0 unspecified atom stereocenters. The molecule has 0 aliphatic heterocycles. The fraction of sp³-hybridized carbons (Fsp3) is 0.259. The number of halogens is 1. The van der Waals surface area contributed by atoms with E-state index in [0.717, 1.165) is 28.2 Å². The minimum Gasteiger partial charge on any atom is -0.492 e. The lowest BCUT2D eigenvalue weighted by atomic mass is 10.1. The molecule has 0 fully saturated rings. The van der Waals surface area contributed by atoms with Gasteiger partial charge in [0.2, 0.25) is 5.91 Å². The van der Waals surface area contributed by atoms with Gasteiger partial charge in [0.05, 0.1) is 24.0 Å². The summed E-state index contributed by atoms with van der Waals surface area (Å²) in [6.07, 6.45) is 0.974. The van der Waals surface area contributed by atoms with E-state index in [9.17, 15) is 4.79 Å². The number of ether oxygens (including phenoxy) is 1. The summed E-state index contributed by atoms with van der Waals surface area (Å²) in [7, 11) is 0. The highest BCUT2D eigenvalue weighted by Crippen LogP contribution is 2.19. The lowest BCUT2D eigenvalue weighted by Crippen LogP contribution is -2.28. The zero-order valence-electron chi connectivity index (χ0n) is 19.0. The molecule has 0 spiro atoms. The van der Waals surface area contributed by atoms with E-state index in [-0.39, 0.29) is 5.91 Å². The van der Waals surface area contributed by atoms with Crippen LogP contribution < -0.4 is 10.1 Å². The van der Waals surface area contributed by atoms with E-state index in [2.05, 4.69) is 48.0 Å². The SMILES string of the molecule is Cc1cc(C)cc(OCCn2c(CCNC(=O)Cc3ccc(Cl)cc3)nc3ccccc32)c1. The van der Waals surface area contributed by atoms with Crippen molar-refractivity contribution in [2.24, 2.45) is 0 Å². The second-order valence-corrected chi connectivity index (χ2v) is 8.68. The molecule has 1 aromatic heterocycles. The van der Waals surface area contributed by atoms with Crippen LogP contribution in [0.1, 0.15) is 22.5 Å². The summed E-state index contributed by atoms with van der Waals surface area (Å²) in [4.78, 5) is 17.1. The molecule has 0 bridgehead atoms. The Hall–Kier alpha value is -3.31. The molecule has 0 saturated carbocycles. The third-order valence-corrected chi connectivity index (χ3v) is 5.71. The predicted octanol–water partition coefficient (Wildman–Crippen LogP) is 5.29. The lowest BCUT2D eigenvalue weighted by Gasteiger charge is -2.12. The van der Waals surface area contributed by atoms with Gasteiger partial charge in [-0.15, -0.1) is 0 Å². The van der Waals surface area contributed by atoms with Crippen LogP contribution in [0, 0.1) is 13.8 Å². The van der Waals surface area contributed by atoms with Crippen LogP contribution >= 0.6 is 11.6 Å². The van der Waals surface area contributed by atoms with Crippen molar-refractivity contribution in [3.63, 3.8) is 0 Å².